The van der Waals surface area contributed by atoms with Gasteiger partial charge >= 0.3 is 5.97 Å². The van der Waals surface area contributed by atoms with E-state index in [1.54, 1.807) is 28.8 Å². The minimum Gasteiger partial charge on any atom is -0.465 e. The lowest BCUT2D eigenvalue weighted by atomic mass is 9.66. The van der Waals surface area contributed by atoms with Crippen molar-refractivity contribution in [2.75, 3.05) is 32.8 Å². The van der Waals surface area contributed by atoms with E-state index < -0.39 is 22.6 Å². The van der Waals surface area contributed by atoms with Gasteiger partial charge in [0.25, 0.3) is 0 Å². The van der Waals surface area contributed by atoms with E-state index in [0.717, 1.165) is 32.1 Å². The normalized spacial score (nSPS) is 30.4. The average molecular weight is 521 g/mol. The molecule has 2 bridgehead atoms. The van der Waals surface area contributed by atoms with Gasteiger partial charge < -0.3 is 19.6 Å². The molecule has 8 heteroatoms. The number of aliphatic hydroxyl groups is 1. The number of amides is 2. The van der Waals surface area contributed by atoms with Crippen LogP contribution in [0.15, 0.2) is 25.3 Å². The zero-order valence-corrected chi connectivity index (χ0v) is 22.8. The van der Waals surface area contributed by atoms with Crippen LogP contribution in [-0.2, 0) is 19.1 Å². The van der Waals surface area contributed by atoms with Crippen LogP contribution >= 0.6 is 11.8 Å². The molecule has 0 saturated carbocycles. The van der Waals surface area contributed by atoms with E-state index in [9.17, 15) is 19.5 Å². The fourth-order valence-corrected chi connectivity index (χ4v) is 8.79. The number of rotatable bonds is 16. The fraction of sp³-hybridized carbons (Fsp3) is 0.750. The Labute approximate surface area is 220 Å². The molecule has 3 aliphatic rings. The van der Waals surface area contributed by atoms with E-state index in [1.165, 1.54) is 0 Å². The molecule has 3 aliphatic heterocycles. The second-order valence-electron chi connectivity index (χ2n) is 10.4. The lowest BCUT2D eigenvalue weighted by Crippen LogP contribution is -2.57. The van der Waals surface area contributed by atoms with Crippen LogP contribution in [0.3, 0.4) is 0 Å². The molecule has 3 rings (SSSR count). The van der Waals surface area contributed by atoms with Crippen LogP contribution < -0.4 is 0 Å². The van der Waals surface area contributed by atoms with Crippen molar-refractivity contribution in [1.29, 1.82) is 0 Å². The van der Waals surface area contributed by atoms with Crippen LogP contribution in [0.2, 0.25) is 0 Å². The maximum Gasteiger partial charge on any atom is 0.310 e. The smallest absolute Gasteiger partial charge is 0.310 e. The molecule has 3 saturated heterocycles. The molecule has 0 aliphatic carbocycles. The summed E-state index contributed by atoms with van der Waals surface area (Å²) < 4.78 is 4.95. The Morgan fingerprint density at radius 2 is 2.00 bits per heavy atom. The predicted octanol–water partition coefficient (Wildman–Crippen LogP) is 3.81. The van der Waals surface area contributed by atoms with Crippen molar-refractivity contribution in [1.82, 2.24) is 9.80 Å². The first-order valence-electron chi connectivity index (χ1n) is 13.6. The first kappa shape index (κ1) is 28.8. The van der Waals surface area contributed by atoms with Gasteiger partial charge in [-0.2, -0.15) is 0 Å². The minimum atomic E-state index is -0.623. The van der Waals surface area contributed by atoms with Crippen molar-refractivity contribution in [3.8, 4) is 0 Å². The summed E-state index contributed by atoms with van der Waals surface area (Å²) in [5.74, 6) is -1.35. The zero-order chi connectivity index (χ0) is 26.3. The molecule has 1 spiro atoms. The molecule has 0 radical (unpaired) electrons. The number of hydrogen-bond donors (Lipinski definition) is 1. The van der Waals surface area contributed by atoms with Gasteiger partial charge in [-0.3, -0.25) is 14.4 Å². The van der Waals surface area contributed by atoms with Crippen LogP contribution in [0, 0.1) is 17.8 Å². The lowest BCUT2D eigenvalue weighted by molar-refractivity contribution is -0.154. The van der Waals surface area contributed by atoms with E-state index in [1.807, 2.05) is 4.90 Å². The Balaban J connectivity index is 1.95. The first-order valence-corrected chi connectivity index (χ1v) is 14.5. The summed E-state index contributed by atoms with van der Waals surface area (Å²) in [5.41, 5.74) is 0. The van der Waals surface area contributed by atoms with E-state index in [0.29, 0.717) is 38.9 Å². The molecule has 1 N–H and O–H groups in total. The van der Waals surface area contributed by atoms with Crippen molar-refractivity contribution in [3.05, 3.63) is 25.3 Å². The molecule has 7 nitrogen and oxygen atoms in total. The summed E-state index contributed by atoms with van der Waals surface area (Å²) in [6.07, 6.45) is 10.0. The van der Waals surface area contributed by atoms with Crippen LogP contribution in [-0.4, -0.2) is 81.6 Å². The highest BCUT2D eigenvalue weighted by atomic mass is 32.2. The topological polar surface area (TPSA) is 87.1 Å². The molecule has 3 fully saturated rings. The number of ether oxygens (including phenoxy) is 1. The SMILES string of the molecule is C=CCCOC(=O)[C@@H]1[C@H]2C(=O)N(CCCCCO)C(C(=O)N(CC=C)CCCCC)C23S[C@@H]1CC3C. The van der Waals surface area contributed by atoms with Gasteiger partial charge in [-0.1, -0.05) is 38.8 Å². The van der Waals surface area contributed by atoms with E-state index >= 15 is 0 Å². The summed E-state index contributed by atoms with van der Waals surface area (Å²) in [7, 11) is 0. The Morgan fingerprint density at radius 1 is 1.22 bits per heavy atom. The van der Waals surface area contributed by atoms with E-state index in [2.05, 4.69) is 27.0 Å². The minimum absolute atomic E-state index is 0.00929. The monoisotopic (exact) mass is 520 g/mol. The maximum absolute atomic E-state index is 14.2. The highest BCUT2D eigenvalue weighted by Gasteiger charge is 2.76. The van der Waals surface area contributed by atoms with Crippen LogP contribution in [0.4, 0.5) is 0 Å². The highest BCUT2D eigenvalue weighted by molar-refractivity contribution is 8.02. The number of fused-ring (bicyclic) bond motifs is 1. The summed E-state index contributed by atoms with van der Waals surface area (Å²) in [6, 6.07) is -0.596. The number of nitrogens with zero attached hydrogens (tertiary/aromatic N) is 2. The molecule has 0 aromatic carbocycles. The number of unbranched alkanes of at least 4 members (excludes halogenated alkanes) is 4. The lowest BCUT2D eigenvalue weighted by Gasteiger charge is -2.40. The van der Waals surface area contributed by atoms with E-state index in [-0.39, 0.29) is 42.2 Å². The molecular weight excluding hydrogens is 476 g/mol. The number of hydrogen-bond acceptors (Lipinski definition) is 6. The number of esters is 1. The van der Waals surface area contributed by atoms with Crippen molar-refractivity contribution in [2.24, 2.45) is 17.8 Å². The Kier molecular flexibility index (Phi) is 10.5. The fourth-order valence-electron chi connectivity index (χ4n) is 6.39. The molecule has 3 heterocycles. The van der Waals surface area contributed by atoms with Crippen molar-refractivity contribution in [2.45, 2.75) is 81.3 Å². The van der Waals surface area contributed by atoms with Crippen LogP contribution in [0.5, 0.6) is 0 Å². The van der Waals surface area contributed by atoms with Gasteiger partial charge in [-0.05, 0) is 44.4 Å². The summed E-state index contributed by atoms with van der Waals surface area (Å²) in [4.78, 5) is 45.1. The summed E-state index contributed by atoms with van der Waals surface area (Å²) >= 11 is 1.69. The number of thioether (sulfide) groups is 1. The maximum atomic E-state index is 14.2. The summed E-state index contributed by atoms with van der Waals surface area (Å²) in [6.45, 7) is 13.7. The second kappa shape index (κ2) is 13.1. The van der Waals surface area contributed by atoms with Gasteiger partial charge in [0.15, 0.2) is 0 Å². The van der Waals surface area contributed by atoms with Crippen LogP contribution in [0.1, 0.15) is 65.2 Å². The third kappa shape index (κ3) is 5.40. The molecule has 0 aromatic rings. The van der Waals surface area contributed by atoms with Crippen LogP contribution in [0.25, 0.3) is 0 Å². The van der Waals surface area contributed by atoms with Crippen molar-refractivity contribution < 1.29 is 24.2 Å². The molecule has 36 heavy (non-hydrogen) atoms. The third-order valence-corrected chi connectivity index (χ3v) is 10.1. The first-order chi connectivity index (χ1) is 17.4. The molecule has 3 unspecified atom stereocenters. The van der Waals surface area contributed by atoms with Gasteiger partial charge in [0.2, 0.25) is 11.8 Å². The Bertz CT molecular complexity index is 820. The number of likely N-dealkylation sites (tertiary alicyclic amines) is 1. The number of aliphatic hydroxyl groups excluding tert-OH is 1. The van der Waals surface area contributed by atoms with Crippen molar-refractivity contribution in [3.63, 3.8) is 0 Å². The Hall–Kier alpha value is -1.80. The largest absolute Gasteiger partial charge is 0.465 e. The van der Waals surface area contributed by atoms with Gasteiger partial charge in [0.05, 0.1) is 23.2 Å². The molecule has 6 atom stereocenters. The van der Waals surface area contributed by atoms with Gasteiger partial charge in [0.1, 0.15) is 6.04 Å². The highest BCUT2D eigenvalue weighted by Crippen LogP contribution is 2.68. The van der Waals surface area contributed by atoms with Gasteiger partial charge in [-0.15, -0.1) is 24.9 Å². The van der Waals surface area contributed by atoms with E-state index in [4.69, 9.17) is 4.74 Å². The van der Waals surface area contributed by atoms with Crippen molar-refractivity contribution >= 4 is 29.5 Å². The molecular formula is C28H44N2O5S. The number of carbonyl (C=O) groups is 3. The van der Waals surface area contributed by atoms with Gasteiger partial charge in [-0.25, -0.2) is 0 Å². The summed E-state index contributed by atoms with van der Waals surface area (Å²) in [5, 5.41) is 9.20. The standard InChI is InChI=1S/C28H44N2O5S/c1-5-8-11-15-29(14-7-3)26(33)24-28-20(4)19-21(36-28)22(27(34)35-18-9-6-2)23(28)25(32)30(24)16-12-10-13-17-31/h6-7,20-24,31H,2-3,5,8-19H2,1,4H3/t20?,21-,22+,23+,24?,28?/m1/s1. The molecule has 202 valence electrons. The quantitative estimate of drug-likeness (QED) is 0.189. The molecule has 2 amide bonds. The van der Waals surface area contributed by atoms with Gasteiger partial charge in [0, 0.05) is 31.5 Å². The zero-order valence-electron chi connectivity index (χ0n) is 22.0. The third-order valence-electron chi connectivity index (χ3n) is 8.07. The average Bonchev–Trinajstić information content (AvgIpc) is 3.45. The Morgan fingerprint density at radius 3 is 2.67 bits per heavy atom. The molecule has 0 aromatic heterocycles. The second-order valence-corrected chi connectivity index (χ2v) is 11.9. The predicted molar refractivity (Wildman–Crippen MR) is 143 cm³/mol. The number of carbonyl (C=O) groups excluding carboxylic acids is 3.